The van der Waals surface area contributed by atoms with Crippen LogP contribution < -0.4 is 10.1 Å². The summed E-state index contributed by atoms with van der Waals surface area (Å²) in [5.74, 6) is -0.638. The Morgan fingerprint density at radius 2 is 1.83 bits per heavy atom. The van der Waals surface area contributed by atoms with E-state index in [2.05, 4.69) is 15.3 Å². The molecule has 0 atom stereocenters. The zero-order valence-corrected chi connectivity index (χ0v) is 13.7. The molecule has 0 radical (unpaired) electrons. The third-order valence-electron chi connectivity index (χ3n) is 4.23. The number of likely N-dealkylation sites (N-methyl/N-ethyl adjacent to an activating group) is 1. The maximum atomic E-state index is 12.3. The molecule has 0 saturated heterocycles. The zero-order chi connectivity index (χ0) is 16.7. The van der Waals surface area contributed by atoms with E-state index in [1.54, 1.807) is 11.9 Å². The van der Waals surface area contributed by atoms with Gasteiger partial charge in [-0.05, 0) is 12.8 Å². The second-order valence-electron chi connectivity index (χ2n) is 5.81. The van der Waals surface area contributed by atoms with Crippen LogP contribution in [0.1, 0.15) is 44.9 Å². The zero-order valence-electron chi connectivity index (χ0n) is 13.7. The van der Waals surface area contributed by atoms with Gasteiger partial charge in [0, 0.05) is 19.2 Å². The number of amides is 2. The van der Waals surface area contributed by atoms with E-state index in [1.807, 2.05) is 0 Å². The Kier molecular flexibility index (Phi) is 6.31. The molecule has 0 aromatic carbocycles. The number of carbonyl (C=O) groups excluding carboxylic acids is 2. The van der Waals surface area contributed by atoms with E-state index < -0.39 is 11.8 Å². The lowest BCUT2D eigenvalue weighted by Crippen LogP contribution is -2.43. The molecule has 126 valence electrons. The summed E-state index contributed by atoms with van der Waals surface area (Å²) in [5, 5.41) is 2.50. The topological polar surface area (TPSA) is 84.4 Å². The molecule has 2 rings (SSSR count). The van der Waals surface area contributed by atoms with Crippen molar-refractivity contribution in [3.8, 4) is 5.88 Å². The number of aromatic nitrogens is 2. The highest BCUT2D eigenvalue weighted by atomic mass is 16.5. The standard InChI is InChI=1S/C16H24N4O3/c1-20(12-8-6-4-3-5-7-9-12)16(22)15(21)19-13-10-14(23-2)18-11-17-13/h10-12H,3-9H2,1-2H3,(H,17,18,19,21). The van der Waals surface area contributed by atoms with Gasteiger partial charge in [0.1, 0.15) is 12.1 Å². The number of hydrogen-bond acceptors (Lipinski definition) is 5. The van der Waals surface area contributed by atoms with Crippen molar-refractivity contribution < 1.29 is 14.3 Å². The third-order valence-corrected chi connectivity index (χ3v) is 4.23. The van der Waals surface area contributed by atoms with Gasteiger partial charge in [0.15, 0.2) is 0 Å². The van der Waals surface area contributed by atoms with Crippen molar-refractivity contribution in [1.82, 2.24) is 14.9 Å². The van der Waals surface area contributed by atoms with Gasteiger partial charge in [-0.3, -0.25) is 9.59 Å². The number of anilines is 1. The monoisotopic (exact) mass is 320 g/mol. The van der Waals surface area contributed by atoms with Gasteiger partial charge in [0.25, 0.3) is 0 Å². The first-order valence-electron chi connectivity index (χ1n) is 8.06. The van der Waals surface area contributed by atoms with Crippen molar-refractivity contribution >= 4 is 17.6 Å². The number of nitrogens with zero attached hydrogens (tertiary/aromatic N) is 3. The smallest absolute Gasteiger partial charge is 0.315 e. The van der Waals surface area contributed by atoms with Crippen molar-refractivity contribution in [2.75, 3.05) is 19.5 Å². The van der Waals surface area contributed by atoms with Crippen LogP contribution >= 0.6 is 0 Å². The van der Waals surface area contributed by atoms with Crippen LogP contribution in [0.3, 0.4) is 0 Å². The average Bonchev–Trinajstić information content (AvgIpc) is 2.53. The SMILES string of the molecule is COc1cc(NC(=O)C(=O)N(C)C2CCCCCCC2)ncn1. The summed E-state index contributed by atoms with van der Waals surface area (Å²) >= 11 is 0. The summed E-state index contributed by atoms with van der Waals surface area (Å²) in [4.78, 5) is 33.8. The minimum absolute atomic E-state index is 0.133. The highest BCUT2D eigenvalue weighted by molar-refractivity contribution is 6.39. The van der Waals surface area contributed by atoms with Crippen LogP contribution in [0.2, 0.25) is 0 Å². The van der Waals surface area contributed by atoms with Crippen LogP contribution in [0, 0.1) is 0 Å². The fraction of sp³-hybridized carbons (Fsp3) is 0.625. The van der Waals surface area contributed by atoms with Gasteiger partial charge in [-0.1, -0.05) is 32.1 Å². The number of hydrogen-bond donors (Lipinski definition) is 1. The lowest BCUT2D eigenvalue weighted by molar-refractivity contribution is -0.143. The molecule has 0 bridgehead atoms. The maximum absolute atomic E-state index is 12.3. The van der Waals surface area contributed by atoms with E-state index in [4.69, 9.17) is 4.74 Å². The Labute approximate surface area is 136 Å². The normalized spacial score (nSPS) is 16.1. The van der Waals surface area contributed by atoms with Crippen LogP contribution in [0.25, 0.3) is 0 Å². The molecule has 1 N–H and O–H groups in total. The molecule has 2 amide bonds. The maximum Gasteiger partial charge on any atom is 0.315 e. The first-order chi connectivity index (χ1) is 11.1. The van der Waals surface area contributed by atoms with Gasteiger partial charge in [-0.25, -0.2) is 9.97 Å². The van der Waals surface area contributed by atoms with E-state index in [9.17, 15) is 9.59 Å². The molecule has 7 nitrogen and oxygen atoms in total. The summed E-state index contributed by atoms with van der Waals surface area (Å²) in [6.07, 6.45) is 9.06. The van der Waals surface area contributed by atoms with E-state index in [0.717, 1.165) is 25.7 Å². The van der Waals surface area contributed by atoms with Crippen LogP contribution in [0.15, 0.2) is 12.4 Å². The predicted octanol–water partition coefficient (Wildman–Crippen LogP) is 1.99. The molecule has 1 saturated carbocycles. The summed E-state index contributed by atoms with van der Waals surface area (Å²) in [6, 6.07) is 1.61. The molecule has 0 spiro atoms. The fourth-order valence-corrected chi connectivity index (χ4v) is 2.84. The Bertz CT molecular complexity index is 542. The highest BCUT2D eigenvalue weighted by Crippen LogP contribution is 2.21. The summed E-state index contributed by atoms with van der Waals surface area (Å²) < 4.78 is 4.97. The van der Waals surface area contributed by atoms with E-state index in [0.29, 0.717) is 5.88 Å². The summed E-state index contributed by atoms with van der Waals surface area (Å²) in [6.45, 7) is 0. The number of rotatable bonds is 3. The lowest BCUT2D eigenvalue weighted by atomic mass is 9.96. The van der Waals surface area contributed by atoms with Gasteiger partial charge >= 0.3 is 11.8 Å². The van der Waals surface area contributed by atoms with Crippen molar-refractivity contribution in [2.45, 2.75) is 51.0 Å². The molecular formula is C16H24N4O3. The van der Waals surface area contributed by atoms with Gasteiger partial charge < -0.3 is 15.0 Å². The van der Waals surface area contributed by atoms with E-state index in [1.165, 1.54) is 38.8 Å². The van der Waals surface area contributed by atoms with E-state index in [-0.39, 0.29) is 11.9 Å². The van der Waals surface area contributed by atoms with Gasteiger partial charge in [-0.15, -0.1) is 0 Å². The van der Waals surface area contributed by atoms with Gasteiger partial charge in [-0.2, -0.15) is 0 Å². The number of methoxy groups -OCH3 is 1. The minimum Gasteiger partial charge on any atom is -0.481 e. The molecular weight excluding hydrogens is 296 g/mol. The highest BCUT2D eigenvalue weighted by Gasteiger charge is 2.26. The fourth-order valence-electron chi connectivity index (χ4n) is 2.84. The molecule has 1 heterocycles. The molecule has 1 fully saturated rings. The molecule has 7 heteroatoms. The van der Waals surface area contributed by atoms with Crippen molar-refractivity contribution in [1.29, 1.82) is 0 Å². The molecule has 0 unspecified atom stereocenters. The third kappa shape index (κ3) is 4.91. The van der Waals surface area contributed by atoms with Crippen molar-refractivity contribution in [2.24, 2.45) is 0 Å². The van der Waals surface area contributed by atoms with Gasteiger partial charge in [0.05, 0.1) is 7.11 Å². The predicted molar refractivity (Wildman–Crippen MR) is 86.1 cm³/mol. The summed E-state index contributed by atoms with van der Waals surface area (Å²) in [5.41, 5.74) is 0. The largest absolute Gasteiger partial charge is 0.481 e. The molecule has 23 heavy (non-hydrogen) atoms. The minimum atomic E-state index is -0.685. The molecule has 1 aliphatic carbocycles. The van der Waals surface area contributed by atoms with Crippen LogP contribution in [-0.4, -0.2) is 46.9 Å². The Balaban J connectivity index is 1.95. The second-order valence-corrected chi connectivity index (χ2v) is 5.81. The molecule has 1 aromatic heterocycles. The quantitative estimate of drug-likeness (QED) is 0.861. The van der Waals surface area contributed by atoms with Crippen LogP contribution in [0.4, 0.5) is 5.82 Å². The average molecular weight is 320 g/mol. The molecule has 1 aromatic rings. The molecule has 0 aliphatic heterocycles. The summed E-state index contributed by atoms with van der Waals surface area (Å²) in [7, 11) is 3.18. The number of carbonyl (C=O) groups is 2. The number of ether oxygens (including phenoxy) is 1. The lowest BCUT2D eigenvalue weighted by Gasteiger charge is -2.29. The second kappa shape index (κ2) is 8.45. The van der Waals surface area contributed by atoms with Crippen LogP contribution in [-0.2, 0) is 9.59 Å². The Morgan fingerprint density at radius 1 is 1.17 bits per heavy atom. The Morgan fingerprint density at radius 3 is 2.48 bits per heavy atom. The Hall–Kier alpha value is -2.18. The first-order valence-corrected chi connectivity index (χ1v) is 8.06. The van der Waals surface area contributed by atoms with Gasteiger partial charge in [0.2, 0.25) is 5.88 Å². The van der Waals surface area contributed by atoms with Crippen molar-refractivity contribution in [3.63, 3.8) is 0 Å². The van der Waals surface area contributed by atoms with Crippen molar-refractivity contribution in [3.05, 3.63) is 12.4 Å². The molecule has 1 aliphatic rings. The van der Waals surface area contributed by atoms with E-state index >= 15 is 0 Å². The first kappa shape index (κ1) is 17.2. The number of nitrogens with one attached hydrogen (secondary N) is 1. The van der Waals surface area contributed by atoms with Crippen LogP contribution in [0.5, 0.6) is 5.88 Å².